The first-order valence-electron chi connectivity index (χ1n) is 16.4. The fourth-order valence-electron chi connectivity index (χ4n) is 5.90. The van der Waals surface area contributed by atoms with E-state index in [0.717, 1.165) is 48.1 Å². The van der Waals surface area contributed by atoms with Gasteiger partial charge in [-0.1, -0.05) is 12.1 Å². The van der Waals surface area contributed by atoms with Gasteiger partial charge in [0.15, 0.2) is 0 Å². The van der Waals surface area contributed by atoms with Crippen molar-refractivity contribution in [3.63, 3.8) is 0 Å². The van der Waals surface area contributed by atoms with Crippen LogP contribution in [-0.2, 0) is 37.1 Å². The fraction of sp³-hybridized carbons (Fsp3) is 0.559. The number of hydroxylamine groups is 2. The van der Waals surface area contributed by atoms with Gasteiger partial charge in [-0.2, -0.15) is 5.06 Å². The minimum atomic E-state index is -4.75. The van der Waals surface area contributed by atoms with E-state index in [0.29, 0.717) is 70.8 Å². The number of hydrogen-bond donors (Lipinski definition) is 3. The Morgan fingerprint density at radius 1 is 1.23 bits per heavy atom. The van der Waals surface area contributed by atoms with Crippen LogP contribution in [0.2, 0.25) is 0 Å². The number of nitrogens with one attached hydrogen (secondary N) is 2. The van der Waals surface area contributed by atoms with Gasteiger partial charge in [0.05, 0.1) is 25.8 Å². The second kappa shape index (κ2) is 18.7. The molecule has 2 unspecified atom stereocenters. The molecule has 0 radical (unpaired) electrons. The normalized spacial score (nSPS) is 20.1. The highest BCUT2D eigenvalue weighted by atomic mass is 19.4. The Labute approximate surface area is 279 Å². The third-order valence-corrected chi connectivity index (χ3v) is 8.49. The predicted molar refractivity (Wildman–Crippen MR) is 174 cm³/mol. The SMILES string of the molecule is CNC(=O)C(CCC=O)N1Cc2cc(OCCCCNC/C(C=NC3C=CC(OC(F)(F)F)=C(C4CCOCC4)C3)=C/N)ccc2CO1. The fourth-order valence-corrected chi connectivity index (χ4v) is 5.90. The molecule has 264 valence electrons. The van der Waals surface area contributed by atoms with E-state index in [2.05, 4.69) is 20.4 Å². The highest BCUT2D eigenvalue weighted by molar-refractivity contribution is 5.81. The van der Waals surface area contributed by atoms with Crippen molar-refractivity contribution in [3.05, 3.63) is 64.6 Å². The van der Waals surface area contributed by atoms with Crippen LogP contribution < -0.4 is 21.1 Å². The zero-order valence-corrected chi connectivity index (χ0v) is 27.3. The van der Waals surface area contributed by atoms with E-state index in [1.165, 1.54) is 12.3 Å². The number of carbonyl (C=O) groups is 2. The van der Waals surface area contributed by atoms with Crippen LogP contribution in [0.3, 0.4) is 0 Å². The minimum absolute atomic E-state index is 0.0333. The number of hydrogen-bond acceptors (Lipinski definition) is 10. The van der Waals surface area contributed by atoms with Crippen LogP contribution in [-0.4, -0.2) is 81.9 Å². The van der Waals surface area contributed by atoms with Gasteiger partial charge in [-0.25, -0.2) is 0 Å². The molecule has 11 nitrogen and oxygen atoms in total. The van der Waals surface area contributed by atoms with Crippen LogP contribution in [0.15, 0.2) is 58.4 Å². The van der Waals surface area contributed by atoms with Crippen molar-refractivity contribution in [1.82, 2.24) is 15.7 Å². The average molecular weight is 678 g/mol. The molecule has 0 spiro atoms. The molecular formula is C34H46F3N5O6. The number of fused-ring (bicyclic) bond motifs is 1. The van der Waals surface area contributed by atoms with Crippen molar-refractivity contribution in [1.29, 1.82) is 0 Å². The second-order valence-corrected chi connectivity index (χ2v) is 11.9. The molecule has 48 heavy (non-hydrogen) atoms. The predicted octanol–water partition coefficient (Wildman–Crippen LogP) is 4.24. The molecule has 4 N–H and O–H groups in total. The summed E-state index contributed by atoms with van der Waals surface area (Å²) in [5.41, 5.74) is 9.26. The maximum Gasteiger partial charge on any atom is 0.573 e. The lowest BCUT2D eigenvalue weighted by molar-refractivity contribution is -0.304. The van der Waals surface area contributed by atoms with Gasteiger partial charge in [0.2, 0.25) is 5.91 Å². The summed E-state index contributed by atoms with van der Waals surface area (Å²) in [4.78, 5) is 33.7. The maximum atomic E-state index is 13.0. The van der Waals surface area contributed by atoms with Crippen molar-refractivity contribution in [3.8, 4) is 5.75 Å². The molecule has 14 heteroatoms. The summed E-state index contributed by atoms with van der Waals surface area (Å²) in [5, 5.41) is 7.62. The molecule has 0 aromatic heterocycles. The van der Waals surface area contributed by atoms with Crippen molar-refractivity contribution < 1.29 is 41.8 Å². The maximum absolute atomic E-state index is 13.0. The summed E-state index contributed by atoms with van der Waals surface area (Å²) in [6.07, 6.45) is 6.17. The first-order valence-corrected chi connectivity index (χ1v) is 16.4. The molecule has 1 saturated heterocycles. The molecule has 0 saturated carbocycles. The highest BCUT2D eigenvalue weighted by Gasteiger charge is 2.35. The van der Waals surface area contributed by atoms with Crippen molar-refractivity contribution >= 4 is 18.4 Å². The Balaban J connectivity index is 1.18. The number of aldehydes is 1. The number of unbranched alkanes of at least 4 members (excludes halogenated alkanes) is 1. The zero-order chi connectivity index (χ0) is 34.4. The molecule has 2 aliphatic heterocycles. The number of alkyl halides is 3. The molecule has 1 aromatic rings. The number of benzene rings is 1. The third-order valence-electron chi connectivity index (χ3n) is 8.49. The zero-order valence-electron chi connectivity index (χ0n) is 27.3. The lowest BCUT2D eigenvalue weighted by Gasteiger charge is -2.33. The van der Waals surface area contributed by atoms with Crippen LogP contribution in [0, 0.1) is 5.92 Å². The Kier molecular flexibility index (Phi) is 14.5. The summed E-state index contributed by atoms with van der Waals surface area (Å²) >= 11 is 0. The number of nitrogens with zero attached hydrogens (tertiary/aromatic N) is 2. The number of allylic oxidation sites excluding steroid dienone is 1. The van der Waals surface area contributed by atoms with Gasteiger partial charge in [0, 0.05) is 39.4 Å². The van der Waals surface area contributed by atoms with Gasteiger partial charge in [-0.3, -0.25) is 14.6 Å². The number of aliphatic imine (C=N–C) groups is 1. The Morgan fingerprint density at radius 3 is 2.77 bits per heavy atom. The lowest BCUT2D eigenvalue weighted by atomic mass is 9.84. The molecule has 1 amide bonds. The lowest BCUT2D eigenvalue weighted by Crippen LogP contribution is -2.46. The Morgan fingerprint density at radius 2 is 2.04 bits per heavy atom. The van der Waals surface area contributed by atoms with Crippen molar-refractivity contribution in [2.24, 2.45) is 16.6 Å². The number of halogens is 3. The van der Waals surface area contributed by atoms with Crippen molar-refractivity contribution in [2.45, 2.75) is 76.5 Å². The largest absolute Gasteiger partial charge is 0.573 e. The van der Waals surface area contributed by atoms with E-state index in [1.807, 2.05) is 18.2 Å². The number of nitrogens with two attached hydrogens (primary N) is 1. The van der Waals surface area contributed by atoms with Crippen molar-refractivity contribution in [2.75, 3.05) is 40.0 Å². The van der Waals surface area contributed by atoms with E-state index < -0.39 is 12.4 Å². The molecule has 1 aliphatic carbocycles. The Bertz CT molecular complexity index is 1340. The average Bonchev–Trinajstić information content (AvgIpc) is 3.09. The van der Waals surface area contributed by atoms with Gasteiger partial charge in [-0.15, -0.1) is 13.2 Å². The van der Waals surface area contributed by atoms with Gasteiger partial charge in [0.1, 0.15) is 23.8 Å². The molecule has 2 heterocycles. The molecule has 4 rings (SSSR count). The molecular weight excluding hydrogens is 631 g/mol. The highest BCUT2D eigenvalue weighted by Crippen LogP contribution is 2.36. The quantitative estimate of drug-likeness (QED) is 0.126. The molecule has 0 bridgehead atoms. The summed E-state index contributed by atoms with van der Waals surface area (Å²) in [6, 6.07) is 4.97. The number of rotatable bonds is 17. The molecule has 3 aliphatic rings. The second-order valence-electron chi connectivity index (χ2n) is 11.9. The number of likely N-dealkylation sites (N-methyl/N-ethyl adjacent to an activating group) is 1. The summed E-state index contributed by atoms with van der Waals surface area (Å²) in [5.74, 6) is 0.376. The summed E-state index contributed by atoms with van der Waals surface area (Å²) in [7, 11) is 1.56. The van der Waals surface area contributed by atoms with Gasteiger partial charge < -0.3 is 35.4 Å². The first-order chi connectivity index (χ1) is 23.2. The van der Waals surface area contributed by atoms with Gasteiger partial charge >= 0.3 is 6.36 Å². The van der Waals surface area contributed by atoms with E-state index in [1.54, 1.807) is 24.4 Å². The Hall–Kier alpha value is -3.72. The number of ether oxygens (including phenoxy) is 3. The van der Waals surface area contributed by atoms with Crippen LogP contribution >= 0.6 is 0 Å². The van der Waals surface area contributed by atoms with E-state index in [4.69, 9.17) is 20.0 Å². The molecule has 1 aromatic carbocycles. The van der Waals surface area contributed by atoms with Crippen LogP contribution in [0.4, 0.5) is 13.2 Å². The van der Waals surface area contributed by atoms with Gasteiger partial charge in [-0.05, 0) is 97.7 Å². The summed E-state index contributed by atoms with van der Waals surface area (Å²) < 4.78 is 54.8. The monoisotopic (exact) mass is 677 g/mol. The first kappa shape index (κ1) is 37.1. The third kappa shape index (κ3) is 11.5. The van der Waals surface area contributed by atoms with E-state index in [9.17, 15) is 22.8 Å². The smallest absolute Gasteiger partial charge is 0.494 e. The number of amides is 1. The topological polar surface area (TPSA) is 137 Å². The molecule has 2 atom stereocenters. The standard InChI is InChI=1S/C34H46F3N5O6/c1-39-33(44)31(5-4-13-43)42-22-27-17-29(8-6-26(27)23-47-42)46-14-3-2-12-40-20-24(19-38)21-41-28-7-9-32(48-34(35,36)37)30(18-28)25-10-15-45-16-11-25/h6-9,13,17,19,21,25,28,31,40H,2-5,10-12,14-16,18,20,22-23,38H2,1H3,(H,39,44)/b24-19-,41-21?. The summed E-state index contributed by atoms with van der Waals surface area (Å²) in [6.45, 7) is 3.52. The van der Waals surface area contributed by atoms with E-state index in [-0.39, 0.29) is 30.0 Å². The minimum Gasteiger partial charge on any atom is -0.494 e. The molecule has 1 fully saturated rings. The van der Waals surface area contributed by atoms with Crippen LogP contribution in [0.5, 0.6) is 5.75 Å². The number of carbonyl (C=O) groups excluding carboxylic acids is 2. The van der Waals surface area contributed by atoms with Crippen LogP contribution in [0.1, 0.15) is 56.1 Å². The van der Waals surface area contributed by atoms with Gasteiger partial charge in [0.25, 0.3) is 0 Å². The van der Waals surface area contributed by atoms with E-state index >= 15 is 0 Å². The van der Waals surface area contributed by atoms with Crippen LogP contribution in [0.25, 0.3) is 0 Å².